The van der Waals surface area contributed by atoms with E-state index >= 15 is 0 Å². The molecule has 94 valence electrons. The van der Waals surface area contributed by atoms with Crippen LogP contribution in [-0.4, -0.2) is 0 Å². The SMILES string of the molecule is Nc1cccc(OCc2ccc(F)cc2Br)c1Br. The molecule has 0 amide bonds. The summed E-state index contributed by atoms with van der Waals surface area (Å²) in [5.41, 5.74) is 7.24. The zero-order valence-corrected chi connectivity index (χ0v) is 12.5. The molecule has 0 aliphatic carbocycles. The first kappa shape index (κ1) is 13.4. The number of anilines is 1. The number of halogens is 3. The van der Waals surface area contributed by atoms with Crippen LogP contribution in [0.1, 0.15) is 5.56 Å². The van der Waals surface area contributed by atoms with Gasteiger partial charge in [-0.25, -0.2) is 4.39 Å². The summed E-state index contributed by atoms with van der Waals surface area (Å²) >= 11 is 6.66. The van der Waals surface area contributed by atoms with Crippen LogP contribution in [0.4, 0.5) is 10.1 Å². The summed E-state index contributed by atoms with van der Waals surface area (Å²) in [7, 11) is 0. The number of hydrogen-bond donors (Lipinski definition) is 1. The Hall–Kier alpha value is -1.07. The van der Waals surface area contributed by atoms with Gasteiger partial charge < -0.3 is 10.5 Å². The summed E-state index contributed by atoms with van der Waals surface area (Å²) in [6, 6.07) is 9.91. The number of hydrogen-bond acceptors (Lipinski definition) is 2. The van der Waals surface area contributed by atoms with Crippen molar-refractivity contribution in [3.63, 3.8) is 0 Å². The highest BCUT2D eigenvalue weighted by Gasteiger charge is 2.06. The molecule has 2 rings (SSSR count). The standard InChI is InChI=1S/C13H10Br2FNO/c14-10-6-9(16)5-4-8(10)7-18-12-3-1-2-11(17)13(12)15/h1-6H,7,17H2. The summed E-state index contributed by atoms with van der Waals surface area (Å²) < 4.78 is 20.0. The van der Waals surface area contributed by atoms with Gasteiger partial charge in [-0.15, -0.1) is 0 Å². The van der Waals surface area contributed by atoms with Gasteiger partial charge in [-0.2, -0.15) is 0 Å². The number of nitrogen functional groups attached to an aromatic ring is 1. The van der Waals surface area contributed by atoms with Gasteiger partial charge in [-0.1, -0.05) is 28.1 Å². The van der Waals surface area contributed by atoms with Crippen molar-refractivity contribution < 1.29 is 9.13 Å². The maximum absolute atomic E-state index is 12.9. The van der Waals surface area contributed by atoms with E-state index in [9.17, 15) is 4.39 Å². The molecule has 0 saturated heterocycles. The Balaban J connectivity index is 2.14. The molecular weight excluding hydrogens is 365 g/mol. The van der Waals surface area contributed by atoms with E-state index in [2.05, 4.69) is 31.9 Å². The fraction of sp³-hybridized carbons (Fsp3) is 0.0769. The molecule has 2 N–H and O–H groups in total. The second-order valence-corrected chi connectivity index (χ2v) is 5.33. The van der Waals surface area contributed by atoms with E-state index in [1.54, 1.807) is 12.1 Å². The van der Waals surface area contributed by atoms with Gasteiger partial charge in [-0.05, 0) is 40.2 Å². The first-order valence-corrected chi connectivity index (χ1v) is 6.77. The van der Waals surface area contributed by atoms with Gasteiger partial charge in [-0.3, -0.25) is 0 Å². The lowest BCUT2D eigenvalue weighted by Gasteiger charge is -2.10. The maximum atomic E-state index is 12.9. The molecule has 0 fully saturated rings. The largest absolute Gasteiger partial charge is 0.488 e. The highest BCUT2D eigenvalue weighted by Crippen LogP contribution is 2.31. The fourth-order valence-electron chi connectivity index (χ4n) is 1.43. The first-order chi connectivity index (χ1) is 8.58. The summed E-state index contributed by atoms with van der Waals surface area (Å²) in [4.78, 5) is 0. The number of nitrogens with two attached hydrogens (primary N) is 1. The van der Waals surface area contributed by atoms with Gasteiger partial charge in [0.1, 0.15) is 18.2 Å². The lowest BCUT2D eigenvalue weighted by molar-refractivity contribution is 0.303. The van der Waals surface area contributed by atoms with Gasteiger partial charge >= 0.3 is 0 Å². The molecule has 18 heavy (non-hydrogen) atoms. The predicted octanol–water partition coefficient (Wildman–Crippen LogP) is 4.51. The van der Waals surface area contributed by atoms with E-state index < -0.39 is 0 Å². The summed E-state index contributed by atoms with van der Waals surface area (Å²) in [6.07, 6.45) is 0. The van der Waals surface area contributed by atoms with Gasteiger partial charge in [0.25, 0.3) is 0 Å². The topological polar surface area (TPSA) is 35.2 Å². The second kappa shape index (κ2) is 5.71. The van der Waals surface area contributed by atoms with Gasteiger partial charge in [0.05, 0.1) is 4.47 Å². The molecular formula is C13H10Br2FNO. The Morgan fingerprint density at radius 2 is 1.94 bits per heavy atom. The summed E-state index contributed by atoms with van der Waals surface area (Å²) in [5.74, 6) is 0.377. The van der Waals surface area contributed by atoms with Gasteiger partial charge in [0.15, 0.2) is 0 Å². The molecule has 0 saturated carbocycles. The Morgan fingerprint density at radius 1 is 1.17 bits per heavy atom. The number of benzene rings is 2. The van der Waals surface area contributed by atoms with Crippen molar-refractivity contribution in [3.05, 3.63) is 56.7 Å². The maximum Gasteiger partial charge on any atom is 0.136 e. The molecule has 2 aromatic rings. The fourth-order valence-corrected chi connectivity index (χ4v) is 2.28. The summed E-state index contributed by atoms with van der Waals surface area (Å²) in [5, 5.41) is 0. The molecule has 5 heteroatoms. The van der Waals surface area contributed by atoms with E-state index in [1.165, 1.54) is 12.1 Å². The Kier molecular flexibility index (Phi) is 4.24. The zero-order chi connectivity index (χ0) is 13.1. The van der Waals surface area contributed by atoms with Crippen LogP contribution in [0.3, 0.4) is 0 Å². The average molecular weight is 375 g/mol. The van der Waals surface area contributed by atoms with Crippen LogP contribution in [0.25, 0.3) is 0 Å². The third-order valence-electron chi connectivity index (χ3n) is 2.39. The van der Waals surface area contributed by atoms with E-state index in [1.807, 2.05) is 12.1 Å². The molecule has 0 atom stereocenters. The average Bonchev–Trinajstić information content (AvgIpc) is 2.33. The van der Waals surface area contributed by atoms with E-state index in [0.29, 0.717) is 22.5 Å². The third kappa shape index (κ3) is 3.03. The lowest BCUT2D eigenvalue weighted by atomic mass is 10.2. The molecule has 0 aliphatic rings. The molecule has 0 bridgehead atoms. The van der Waals surface area contributed by atoms with Crippen molar-refractivity contribution in [2.24, 2.45) is 0 Å². The smallest absolute Gasteiger partial charge is 0.136 e. The third-order valence-corrected chi connectivity index (χ3v) is 3.98. The molecule has 0 radical (unpaired) electrons. The van der Waals surface area contributed by atoms with E-state index in [4.69, 9.17) is 10.5 Å². The van der Waals surface area contributed by atoms with Crippen LogP contribution in [0.15, 0.2) is 45.3 Å². The van der Waals surface area contributed by atoms with Crippen LogP contribution >= 0.6 is 31.9 Å². The molecule has 0 aromatic heterocycles. The van der Waals surface area contributed by atoms with Crippen LogP contribution in [0, 0.1) is 5.82 Å². The Morgan fingerprint density at radius 3 is 2.67 bits per heavy atom. The van der Waals surface area contributed by atoms with Crippen LogP contribution < -0.4 is 10.5 Å². The van der Waals surface area contributed by atoms with Crippen molar-refractivity contribution in [2.45, 2.75) is 6.61 Å². The highest BCUT2D eigenvalue weighted by molar-refractivity contribution is 9.11. The lowest BCUT2D eigenvalue weighted by Crippen LogP contribution is -1.98. The van der Waals surface area contributed by atoms with Crippen LogP contribution in [0.2, 0.25) is 0 Å². The minimum absolute atomic E-state index is 0.282. The summed E-state index contributed by atoms with van der Waals surface area (Å²) in [6.45, 7) is 0.336. The predicted molar refractivity (Wildman–Crippen MR) is 77.0 cm³/mol. The quantitative estimate of drug-likeness (QED) is 0.802. The molecule has 0 spiro atoms. The van der Waals surface area contributed by atoms with Gasteiger partial charge in [0.2, 0.25) is 0 Å². The molecule has 2 aromatic carbocycles. The van der Waals surface area contributed by atoms with Crippen LogP contribution in [-0.2, 0) is 6.61 Å². The molecule has 0 heterocycles. The zero-order valence-electron chi connectivity index (χ0n) is 9.29. The molecule has 2 nitrogen and oxygen atoms in total. The highest BCUT2D eigenvalue weighted by atomic mass is 79.9. The normalized spacial score (nSPS) is 10.4. The monoisotopic (exact) mass is 373 g/mol. The van der Waals surface area contributed by atoms with Gasteiger partial charge in [0, 0.05) is 15.7 Å². The Labute approximate surface area is 121 Å². The van der Waals surface area contributed by atoms with E-state index in [-0.39, 0.29) is 5.82 Å². The number of ether oxygens (including phenoxy) is 1. The van der Waals surface area contributed by atoms with Crippen molar-refractivity contribution in [3.8, 4) is 5.75 Å². The molecule has 0 unspecified atom stereocenters. The molecule has 0 aliphatic heterocycles. The van der Waals surface area contributed by atoms with Crippen LogP contribution in [0.5, 0.6) is 5.75 Å². The first-order valence-electron chi connectivity index (χ1n) is 5.18. The Bertz CT molecular complexity index is 575. The number of rotatable bonds is 3. The minimum atomic E-state index is -0.282. The minimum Gasteiger partial charge on any atom is -0.488 e. The van der Waals surface area contributed by atoms with E-state index in [0.717, 1.165) is 10.0 Å². The van der Waals surface area contributed by atoms with Crippen molar-refractivity contribution >= 4 is 37.5 Å². The van der Waals surface area contributed by atoms with Crippen molar-refractivity contribution in [1.82, 2.24) is 0 Å². The second-order valence-electron chi connectivity index (χ2n) is 3.68. The van der Waals surface area contributed by atoms with Crippen molar-refractivity contribution in [1.29, 1.82) is 0 Å². The van der Waals surface area contributed by atoms with Crippen molar-refractivity contribution in [2.75, 3.05) is 5.73 Å².